The van der Waals surface area contributed by atoms with E-state index in [9.17, 15) is 18.0 Å². The minimum absolute atomic E-state index is 0.0498. The quantitative estimate of drug-likeness (QED) is 0.423. The Hall–Kier alpha value is -3.36. The Morgan fingerprint density at radius 1 is 0.972 bits per heavy atom. The maximum atomic E-state index is 13.8. The highest BCUT2D eigenvalue weighted by molar-refractivity contribution is 7.92. The number of aryl methyl sites for hydroxylation is 1. The van der Waals surface area contributed by atoms with Crippen LogP contribution in [0.15, 0.2) is 83.8 Å². The second kappa shape index (κ2) is 12.1. The maximum absolute atomic E-state index is 13.8. The van der Waals surface area contributed by atoms with Crippen molar-refractivity contribution in [1.29, 1.82) is 0 Å². The zero-order chi connectivity index (χ0) is 26.3. The van der Waals surface area contributed by atoms with E-state index in [1.807, 2.05) is 44.2 Å². The van der Waals surface area contributed by atoms with Gasteiger partial charge in [-0.2, -0.15) is 0 Å². The highest BCUT2D eigenvalue weighted by Gasteiger charge is 2.33. The fourth-order valence-corrected chi connectivity index (χ4v) is 5.45. The molecule has 0 saturated carbocycles. The van der Waals surface area contributed by atoms with Gasteiger partial charge in [0.25, 0.3) is 10.0 Å². The first-order valence-electron chi connectivity index (χ1n) is 11.6. The van der Waals surface area contributed by atoms with Crippen molar-refractivity contribution >= 4 is 39.1 Å². The molecule has 0 bridgehead atoms. The van der Waals surface area contributed by atoms with Gasteiger partial charge in [0.15, 0.2) is 0 Å². The van der Waals surface area contributed by atoms with Crippen LogP contribution in [0.4, 0.5) is 5.69 Å². The number of hydrogen-bond donors (Lipinski definition) is 1. The number of nitrogens with zero attached hydrogens (tertiary/aromatic N) is 2. The number of hydrogen-bond acceptors (Lipinski definition) is 4. The SMILES string of the molecule is CC[C@@H](C(=O)NC)N(Cc1ccccc1)C(=O)CN(c1cccc(Cl)c1)S(=O)(=O)c1ccc(C)cc1. The number of nitrogens with one attached hydrogen (secondary N) is 1. The molecular weight excluding hydrogens is 498 g/mol. The molecule has 0 unspecified atom stereocenters. The van der Waals surface area contributed by atoms with Gasteiger partial charge in [0, 0.05) is 18.6 Å². The summed E-state index contributed by atoms with van der Waals surface area (Å²) in [6.07, 6.45) is 0.361. The van der Waals surface area contributed by atoms with Gasteiger partial charge in [-0.05, 0) is 49.2 Å². The van der Waals surface area contributed by atoms with E-state index in [0.29, 0.717) is 11.4 Å². The van der Waals surface area contributed by atoms with Gasteiger partial charge in [0.1, 0.15) is 12.6 Å². The van der Waals surface area contributed by atoms with Crippen LogP contribution in [0.25, 0.3) is 0 Å². The van der Waals surface area contributed by atoms with E-state index < -0.39 is 28.5 Å². The van der Waals surface area contributed by atoms with E-state index in [1.54, 1.807) is 30.3 Å². The Kier molecular flexibility index (Phi) is 9.12. The smallest absolute Gasteiger partial charge is 0.264 e. The highest BCUT2D eigenvalue weighted by Crippen LogP contribution is 2.27. The number of likely N-dealkylation sites (N-methyl/N-ethyl adjacent to an activating group) is 1. The van der Waals surface area contributed by atoms with Crippen molar-refractivity contribution in [3.8, 4) is 0 Å². The lowest BCUT2D eigenvalue weighted by Gasteiger charge is -2.33. The second-order valence-electron chi connectivity index (χ2n) is 8.35. The van der Waals surface area contributed by atoms with Crippen LogP contribution >= 0.6 is 11.6 Å². The molecule has 3 aromatic carbocycles. The number of rotatable bonds is 10. The third kappa shape index (κ3) is 6.44. The summed E-state index contributed by atoms with van der Waals surface area (Å²) in [6, 6.07) is 21.2. The lowest BCUT2D eigenvalue weighted by molar-refractivity contribution is -0.140. The van der Waals surface area contributed by atoms with E-state index in [2.05, 4.69) is 5.32 Å². The average Bonchev–Trinajstić information content (AvgIpc) is 2.87. The van der Waals surface area contributed by atoms with Gasteiger partial charge in [0.05, 0.1) is 10.6 Å². The summed E-state index contributed by atoms with van der Waals surface area (Å²) < 4.78 is 28.5. The number of carbonyl (C=O) groups excluding carboxylic acids is 2. The Morgan fingerprint density at radius 3 is 2.22 bits per heavy atom. The van der Waals surface area contributed by atoms with Crippen molar-refractivity contribution in [3.05, 3.63) is 95.0 Å². The molecule has 0 heterocycles. The molecule has 3 rings (SSSR count). The summed E-state index contributed by atoms with van der Waals surface area (Å²) in [5.41, 5.74) is 1.98. The molecule has 0 spiro atoms. The lowest BCUT2D eigenvalue weighted by Crippen LogP contribution is -2.51. The molecule has 190 valence electrons. The number of halogens is 1. The number of sulfonamides is 1. The zero-order valence-electron chi connectivity index (χ0n) is 20.5. The molecule has 9 heteroatoms. The van der Waals surface area contributed by atoms with Crippen LogP contribution in [0.2, 0.25) is 5.02 Å². The first-order valence-corrected chi connectivity index (χ1v) is 13.4. The lowest BCUT2D eigenvalue weighted by atomic mass is 10.1. The predicted octanol–water partition coefficient (Wildman–Crippen LogP) is 4.40. The molecule has 1 N–H and O–H groups in total. The molecule has 2 amide bonds. The van der Waals surface area contributed by atoms with Crippen LogP contribution in [0, 0.1) is 6.92 Å². The topological polar surface area (TPSA) is 86.8 Å². The van der Waals surface area contributed by atoms with Gasteiger partial charge in [-0.15, -0.1) is 0 Å². The molecule has 0 fully saturated rings. The largest absolute Gasteiger partial charge is 0.357 e. The van der Waals surface area contributed by atoms with Crippen LogP contribution in [0.5, 0.6) is 0 Å². The Balaban J connectivity index is 2.05. The van der Waals surface area contributed by atoms with E-state index in [1.165, 1.54) is 30.1 Å². The molecule has 36 heavy (non-hydrogen) atoms. The van der Waals surface area contributed by atoms with Gasteiger partial charge in [0.2, 0.25) is 11.8 Å². The molecule has 3 aromatic rings. The van der Waals surface area contributed by atoms with Crippen molar-refractivity contribution in [2.75, 3.05) is 17.9 Å². The fraction of sp³-hybridized carbons (Fsp3) is 0.259. The third-order valence-corrected chi connectivity index (χ3v) is 7.84. The van der Waals surface area contributed by atoms with Crippen molar-refractivity contribution < 1.29 is 18.0 Å². The van der Waals surface area contributed by atoms with Crippen LogP contribution < -0.4 is 9.62 Å². The minimum Gasteiger partial charge on any atom is -0.357 e. The standard InChI is InChI=1S/C27H30ClN3O4S/c1-4-25(27(33)29-3)30(18-21-9-6-5-7-10-21)26(32)19-31(23-12-8-11-22(28)17-23)36(34,35)24-15-13-20(2)14-16-24/h5-17,25H,4,18-19H2,1-3H3,(H,29,33)/t25-/m0/s1. The summed E-state index contributed by atoms with van der Waals surface area (Å²) in [5, 5.41) is 2.94. The molecule has 1 atom stereocenters. The third-order valence-electron chi connectivity index (χ3n) is 5.81. The second-order valence-corrected chi connectivity index (χ2v) is 10.6. The van der Waals surface area contributed by atoms with Gasteiger partial charge >= 0.3 is 0 Å². The molecule has 0 radical (unpaired) electrons. The Bertz CT molecular complexity index is 1300. The predicted molar refractivity (Wildman–Crippen MR) is 142 cm³/mol. The highest BCUT2D eigenvalue weighted by atomic mass is 35.5. The summed E-state index contributed by atoms with van der Waals surface area (Å²) in [6.45, 7) is 3.32. The van der Waals surface area contributed by atoms with Crippen molar-refractivity contribution in [2.24, 2.45) is 0 Å². The molecule has 0 saturated heterocycles. The Morgan fingerprint density at radius 2 is 1.64 bits per heavy atom. The first kappa shape index (κ1) is 27.2. The monoisotopic (exact) mass is 527 g/mol. The molecule has 7 nitrogen and oxygen atoms in total. The van der Waals surface area contributed by atoms with Crippen LogP contribution in [0.1, 0.15) is 24.5 Å². The number of carbonyl (C=O) groups is 2. The average molecular weight is 528 g/mol. The van der Waals surface area contributed by atoms with Gasteiger partial charge in [-0.3, -0.25) is 13.9 Å². The van der Waals surface area contributed by atoms with Crippen LogP contribution in [0.3, 0.4) is 0 Å². The molecule has 0 aliphatic carbocycles. The van der Waals surface area contributed by atoms with Gasteiger partial charge in [-0.25, -0.2) is 8.42 Å². The summed E-state index contributed by atoms with van der Waals surface area (Å²) in [7, 11) is -2.61. The summed E-state index contributed by atoms with van der Waals surface area (Å²) in [5.74, 6) is -0.831. The van der Waals surface area contributed by atoms with Crippen LogP contribution in [-0.4, -0.2) is 44.8 Å². The van der Waals surface area contributed by atoms with E-state index in [4.69, 9.17) is 11.6 Å². The molecule has 0 aromatic heterocycles. The first-order chi connectivity index (χ1) is 17.2. The van der Waals surface area contributed by atoms with Gasteiger partial charge in [-0.1, -0.05) is 72.6 Å². The van der Waals surface area contributed by atoms with Crippen molar-refractivity contribution in [2.45, 2.75) is 37.8 Å². The Labute approximate surface area is 217 Å². The fourth-order valence-electron chi connectivity index (χ4n) is 3.86. The minimum atomic E-state index is -4.12. The van der Waals surface area contributed by atoms with Crippen LogP contribution in [-0.2, 0) is 26.2 Å². The molecular formula is C27H30ClN3O4S. The van der Waals surface area contributed by atoms with Crippen molar-refractivity contribution in [1.82, 2.24) is 10.2 Å². The van der Waals surface area contributed by atoms with Crippen molar-refractivity contribution in [3.63, 3.8) is 0 Å². The number of benzene rings is 3. The number of amides is 2. The zero-order valence-corrected chi connectivity index (χ0v) is 22.1. The summed E-state index contributed by atoms with van der Waals surface area (Å²) >= 11 is 6.18. The van der Waals surface area contributed by atoms with E-state index in [0.717, 1.165) is 15.4 Å². The number of anilines is 1. The van der Waals surface area contributed by atoms with Gasteiger partial charge < -0.3 is 10.2 Å². The summed E-state index contributed by atoms with van der Waals surface area (Å²) in [4.78, 5) is 27.9. The van der Waals surface area contributed by atoms with E-state index in [-0.39, 0.29) is 23.0 Å². The van der Waals surface area contributed by atoms with E-state index >= 15 is 0 Å². The molecule has 0 aliphatic rings. The normalized spacial score (nSPS) is 12.0. The molecule has 0 aliphatic heterocycles. The maximum Gasteiger partial charge on any atom is 0.264 e.